The highest BCUT2D eigenvalue weighted by Crippen LogP contribution is 2.23. The molecule has 0 spiro atoms. The van der Waals surface area contributed by atoms with Gasteiger partial charge in [0.05, 0.1) is 12.5 Å². The highest BCUT2D eigenvalue weighted by Gasteiger charge is 2.33. The monoisotopic (exact) mass is 259 g/mol. The summed E-state index contributed by atoms with van der Waals surface area (Å²) in [5, 5.41) is 0. The fourth-order valence-corrected chi connectivity index (χ4v) is 2.57. The molecule has 0 radical (unpaired) electrons. The van der Waals surface area contributed by atoms with Gasteiger partial charge in [0.15, 0.2) is 0 Å². The van der Waals surface area contributed by atoms with Crippen LogP contribution in [0.25, 0.3) is 0 Å². The average molecular weight is 259 g/mol. The van der Waals surface area contributed by atoms with Gasteiger partial charge in [0.25, 0.3) is 5.91 Å². The first-order chi connectivity index (χ1) is 9.13. The SMILES string of the molecule is Cc1nc(C(=O)N2CC(Cc3ccoc3)C2)c(C)[nH]1. The second-order valence-corrected chi connectivity index (χ2v) is 5.21. The fourth-order valence-electron chi connectivity index (χ4n) is 2.57. The molecule has 1 fully saturated rings. The topological polar surface area (TPSA) is 62.1 Å². The van der Waals surface area contributed by atoms with Crippen LogP contribution in [-0.2, 0) is 6.42 Å². The molecule has 19 heavy (non-hydrogen) atoms. The van der Waals surface area contributed by atoms with Gasteiger partial charge in [-0.25, -0.2) is 4.98 Å². The molecule has 3 heterocycles. The van der Waals surface area contributed by atoms with Gasteiger partial charge in [-0.05, 0) is 37.8 Å². The van der Waals surface area contributed by atoms with E-state index in [9.17, 15) is 4.79 Å². The molecule has 0 aliphatic carbocycles. The number of amides is 1. The summed E-state index contributed by atoms with van der Waals surface area (Å²) in [6, 6.07) is 1.98. The maximum atomic E-state index is 12.2. The maximum absolute atomic E-state index is 12.2. The molecule has 0 bridgehead atoms. The van der Waals surface area contributed by atoms with E-state index < -0.39 is 0 Å². The maximum Gasteiger partial charge on any atom is 0.274 e. The van der Waals surface area contributed by atoms with Crippen molar-refractivity contribution in [2.75, 3.05) is 13.1 Å². The lowest BCUT2D eigenvalue weighted by Gasteiger charge is -2.39. The summed E-state index contributed by atoms with van der Waals surface area (Å²) in [7, 11) is 0. The zero-order valence-corrected chi connectivity index (χ0v) is 11.1. The van der Waals surface area contributed by atoms with Crippen molar-refractivity contribution in [2.45, 2.75) is 20.3 Å². The van der Waals surface area contributed by atoms with Crippen molar-refractivity contribution in [3.8, 4) is 0 Å². The number of likely N-dealkylation sites (tertiary alicyclic amines) is 1. The molecule has 2 aromatic heterocycles. The van der Waals surface area contributed by atoms with Crippen LogP contribution in [0.1, 0.15) is 27.6 Å². The van der Waals surface area contributed by atoms with Crippen LogP contribution in [0.4, 0.5) is 0 Å². The van der Waals surface area contributed by atoms with Crippen molar-refractivity contribution in [3.63, 3.8) is 0 Å². The van der Waals surface area contributed by atoms with Crippen molar-refractivity contribution < 1.29 is 9.21 Å². The number of aromatic nitrogens is 2. The summed E-state index contributed by atoms with van der Waals surface area (Å²) in [5.41, 5.74) is 2.60. The number of hydrogen-bond donors (Lipinski definition) is 1. The Morgan fingerprint density at radius 2 is 2.32 bits per heavy atom. The highest BCUT2D eigenvalue weighted by molar-refractivity contribution is 5.94. The molecule has 0 atom stereocenters. The van der Waals surface area contributed by atoms with Crippen molar-refractivity contribution >= 4 is 5.91 Å². The number of nitrogens with zero attached hydrogens (tertiary/aromatic N) is 2. The van der Waals surface area contributed by atoms with Crippen molar-refractivity contribution in [1.29, 1.82) is 0 Å². The minimum absolute atomic E-state index is 0.0327. The lowest BCUT2D eigenvalue weighted by atomic mass is 9.93. The minimum atomic E-state index is 0.0327. The average Bonchev–Trinajstić information content (AvgIpc) is 2.92. The summed E-state index contributed by atoms with van der Waals surface area (Å²) < 4.78 is 5.05. The van der Waals surface area contributed by atoms with E-state index in [1.54, 1.807) is 12.5 Å². The van der Waals surface area contributed by atoms with Gasteiger partial charge < -0.3 is 14.3 Å². The molecule has 3 rings (SSSR count). The fraction of sp³-hybridized carbons (Fsp3) is 0.429. The van der Waals surface area contributed by atoms with Crippen molar-refractivity contribution in [2.24, 2.45) is 5.92 Å². The summed E-state index contributed by atoms with van der Waals surface area (Å²) >= 11 is 0. The van der Waals surface area contributed by atoms with E-state index >= 15 is 0 Å². The summed E-state index contributed by atoms with van der Waals surface area (Å²) in [6.45, 7) is 5.35. The second kappa shape index (κ2) is 4.57. The van der Waals surface area contributed by atoms with E-state index in [-0.39, 0.29) is 5.91 Å². The van der Waals surface area contributed by atoms with Crippen LogP contribution in [0.3, 0.4) is 0 Å². The number of hydrogen-bond acceptors (Lipinski definition) is 3. The molecule has 5 nitrogen and oxygen atoms in total. The van der Waals surface area contributed by atoms with Gasteiger partial charge in [-0.2, -0.15) is 0 Å². The molecule has 2 aromatic rings. The molecule has 1 aliphatic heterocycles. The number of H-pyrrole nitrogens is 1. The standard InChI is InChI=1S/C14H17N3O2/c1-9-13(16-10(2)15-9)14(18)17-6-12(7-17)5-11-3-4-19-8-11/h3-4,8,12H,5-7H2,1-2H3,(H,15,16). The van der Waals surface area contributed by atoms with Gasteiger partial charge in [-0.1, -0.05) is 0 Å². The first kappa shape index (κ1) is 12.0. The van der Waals surface area contributed by atoms with Gasteiger partial charge in [-0.3, -0.25) is 4.79 Å². The summed E-state index contributed by atoms with van der Waals surface area (Å²) in [5.74, 6) is 1.35. The zero-order chi connectivity index (χ0) is 13.4. The van der Waals surface area contributed by atoms with Crippen LogP contribution < -0.4 is 0 Å². The summed E-state index contributed by atoms with van der Waals surface area (Å²) in [4.78, 5) is 21.4. The number of imidazole rings is 1. The molecule has 1 N–H and O–H groups in total. The van der Waals surface area contributed by atoms with Gasteiger partial charge >= 0.3 is 0 Å². The Hall–Kier alpha value is -2.04. The van der Waals surface area contributed by atoms with Crippen LogP contribution >= 0.6 is 0 Å². The predicted octanol–water partition coefficient (Wildman–Crippen LogP) is 1.93. The number of furan rings is 1. The van der Waals surface area contributed by atoms with E-state index in [0.717, 1.165) is 31.0 Å². The Morgan fingerprint density at radius 1 is 1.53 bits per heavy atom. The molecular weight excluding hydrogens is 242 g/mol. The van der Waals surface area contributed by atoms with Crippen LogP contribution in [0.15, 0.2) is 23.0 Å². The molecule has 1 aliphatic rings. The molecule has 5 heteroatoms. The lowest BCUT2D eigenvalue weighted by Crippen LogP contribution is -2.50. The van der Waals surface area contributed by atoms with Crippen molar-refractivity contribution in [3.05, 3.63) is 41.4 Å². The van der Waals surface area contributed by atoms with E-state index in [2.05, 4.69) is 9.97 Å². The molecule has 1 saturated heterocycles. The first-order valence-electron chi connectivity index (χ1n) is 6.47. The molecule has 0 saturated carbocycles. The van der Waals surface area contributed by atoms with Gasteiger partial charge in [0.1, 0.15) is 11.5 Å². The number of carbonyl (C=O) groups is 1. The largest absolute Gasteiger partial charge is 0.472 e. The van der Waals surface area contributed by atoms with Crippen molar-refractivity contribution in [1.82, 2.24) is 14.9 Å². The zero-order valence-electron chi connectivity index (χ0n) is 11.1. The Kier molecular flexibility index (Phi) is 2.89. The second-order valence-electron chi connectivity index (χ2n) is 5.21. The van der Waals surface area contributed by atoms with Crippen LogP contribution in [0.2, 0.25) is 0 Å². The predicted molar refractivity (Wildman–Crippen MR) is 69.9 cm³/mol. The molecule has 100 valence electrons. The number of nitrogens with one attached hydrogen (secondary N) is 1. The smallest absolute Gasteiger partial charge is 0.274 e. The van der Waals surface area contributed by atoms with Gasteiger partial charge in [-0.15, -0.1) is 0 Å². The van der Waals surface area contributed by atoms with E-state index in [1.165, 1.54) is 5.56 Å². The van der Waals surface area contributed by atoms with Crippen LogP contribution in [-0.4, -0.2) is 33.9 Å². The third-order valence-electron chi connectivity index (χ3n) is 3.55. The third kappa shape index (κ3) is 2.28. The molecule has 1 amide bonds. The number of rotatable bonds is 3. The first-order valence-corrected chi connectivity index (χ1v) is 6.47. The highest BCUT2D eigenvalue weighted by atomic mass is 16.3. The Balaban J connectivity index is 1.58. The van der Waals surface area contributed by atoms with E-state index in [1.807, 2.05) is 24.8 Å². The Labute approximate surface area is 111 Å². The normalized spacial score (nSPS) is 15.6. The van der Waals surface area contributed by atoms with E-state index in [4.69, 9.17) is 4.42 Å². The number of carbonyl (C=O) groups excluding carboxylic acids is 1. The Bertz CT molecular complexity index is 580. The van der Waals surface area contributed by atoms with Crippen LogP contribution in [0, 0.1) is 19.8 Å². The third-order valence-corrected chi connectivity index (χ3v) is 3.55. The summed E-state index contributed by atoms with van der Waals surface area (Å²) in [6.07, 6.45) is 4.43. The van der Waals surface area contributed by atoms with E-state index in [0.29, 0.717) is 11.6 Å². The molecule has 0 aromatic carbocycles. The quantitative estimate of drug-likeness (QED) is 0.916. The number of aromatic amines is 1. The molecular formula is C14H17N3O2. The van der Waals surface area contributed by atoms with Crippen LogP contribution in [0.5, 0.6) is 0 Å². The Morgan fingerprint density at radius 3 is 2.89 bits per heavy atom. The van der Waals surface area contributed by atoms with Gasteiger partial charge in [0, 0.05) is 18.8 Å². The lowest BCUT2D eigenvalue weighted by molar-refractivity contribution is 0.0494. The van der Waals surface area contributed by atoms with Gasteiger partial charge in [0.2, 0.25) is 0 Å². The number of aryl methyl sites for hydroxylation is 2. The molecule has 0 unspecified atom stereocenters. The minimum Gasteiger partial charge on any atom is -0.472 e.